The van der Waals surface area contributed by atoms with Crippen LogP contribution in [0.2, 0.25) is 0 Å². The molecule has 4 heteroatoms. The first kappa shape index (κ1) is 15.0. The maximum absolute atomic E-state index is 13.8. The third-order valence-electron chi connectivity index (χ3n) is 3.53. The van der Waals surface area contributed by atoms with Gasteiger partial charge >= 0.3 is 0 Å². The predicted molar refractivity (Wildman–Crippen MR) is 82.6 cm³/mol. The first-order valence-electron chi connectivity index (χ1n) is 6.94. The minimum Gasteiger partial charge on any atom is -0.456 e. The highest BCUT2D eigenvalue weighted by Gasteiger charge is 2.16. The second-order valence-electron chi connectivity index (χ2n) is 4.98. The molecule has 2 aromatic carbocycles. The first-order chi connectivity index (χ1) is 10.0. The van der Waals surface area contributed by atoms with E-state index in [0.717, 1.165) is 12.0 Å². The summed E-state index contributed by atoms with van der Waals surface area (Å²) in [7, 11) is 0. The molecule has 0 radical (unpaired) electrons. The van der Waals surface area contributed by atoms with Crippen LogP contribution in [0.4, 0.5) is 4.39 Å². The summed E-state index contributed by atoms with van der Waals surface area (Å²) in [5.41, 5.74) is 6.51. The van der Waals surface area contributed by atoms with Crippen molar-refractivity contribution in [3.63, 3.8) is 0 Å². The number of para-hydroxylation sites is 1. The molecule has 0 saturated carbocycles. The van der Waals surface area contributed by atoms with Gasteiger partial charge in [0.05, 0.1) is 5.56 Å². The molecule has 0 spiro atoms. The zero-order valence-electron chi connectivity index (χ0n) is 12.2. The molecule has 0 heterocycles. The fourth-order valence-corrected chi connectivity index (χ4v) is 2.17. The lowest BCUT2D eigenvalue weighted by Gasteiger charge is -2.17. The molecule has 0 aliphatic rings. The van der Waals surface area contributed by atoms with Crippen LogP contribution in [0.25, 0.3) is 0 Å². The molecule has 0 aliphatic heterocycles. The third kappa shape index (κ3) is 3.21. The average Bonchev–Trinajstić information content (AvgIpc) is 2.46. The van der Waals surface area contributed by atoms with E-state index in [1.807, 2.05) is 24.3 Å². The van der Waals surface area contributed by atoms with E-state index >= 15 is 0 Å². The van der Waals surface area contributed by atoms with E-state index in [-0.39, 0.29) is 17.1 Å². The fourth-order valence-electron chi connectivity index (χ4n) is 2.17. The number of hydrogen-bond donors (Lipinski definition) is 2. The number of nitrogen functional groups attached to an aromatic ring is 1. The van der Waals surface area contributed by atoms with Gasteiger partial charge in [0.1, 0.15) is 23.2 Å². The standard InChI is InChI=1S/C17H19FN2O/c1-3-11(2)12-7-4-5-9-14(12)21-15-10-6-8-13(18)16(15)17(19)20/h4-11H,3H2,1-2H3,(H3,19,20). The Hall–Kier alpha value is -2.36. The highest BCUT2D eigenvalue weighted by Crippen LogP contribution is 2.33. The average molecular weight is 286 g/mol. The van der Waals surface area contributed by atoms with Crippen molar-refractivity contribution in [3.05, 3.63) is 59.4 Å². The summed E-state index contributed by atoms with van der Waals surface area (Å²) >= 11 is 0. The van der Waals surface area contributed by atoms with Gasteiger partial charge in [-0.3, -0.25) is 5.41 Å². The first-order valence-corrected chi connectivity index (χ1v) is 6.94. The fraction of sp³-hybridized carbons (Fsp3) is 0.235. The summed E-state index contributed by atoms with van der Waals surface area (Å²) in [5.74, 6) is 0.360. The molecule has 0 aliphatic carbocycles. The summed E-state index contributed by atoms with van der Waals surface area (Å²) in [6, 6.07) is 12.1. The molecule has 3 N–H and O–H groups in total. The van der Waals surface area contributed by atoms with Crippen LogP contribution in [0.3, 0.4) is 0 Å². The predicted octanol–water partition coefficient (Wildman–Crippen LogP) is 4.42. The molecule has 2 aromatic rings. The smallest absolute Gasteiger partial charge is 0.141 e. The van der Waals surface area contributed by atoms with Crippen LogP contribution < -0.4 is 10.5 Å². The van der Waals surface area contributed by atoms with Crippen molar-refractivity contribution in [1.29, 1.82) is 5.41 Å². The van der Waals surface area contributed by atoms with Gasteiger partial charge in [0.15, 0.2) is 0 Å². The van der Waals surface area contributed by atoms with Crippen molar-refractivity contribution in [1.82, 2.24) is 0 Å². The Kier molecular flexibility index (Phi) is 4.58. The number of hydrogen-bond acceptors (Lipinski definition) is 2. The molecule has 110 valence electrons. The summed E-state index contributed by atoms with van der Waals surface area (Å²) in [4.78, 5) is 0. The molecule has 0 bridgehead atoms. The number of nitrogens with two attached hydrogens (primary N) is 1. The molecule has 0 fully saturated rings. The van der Waals surface area contributed by atoms with E-state index in [2.05, 4.69) is 13.8 Å². The number of nitrogens with one attached hydrogen (secondary N) is 1. The van der Waals surface area contributed by atoms with Crippen molar-refractivity contribution in [3.8, 4) is 11.5 Å². The topological polar surface area (TPSA) is 59.1 Å². The van der Waals surface area contributed by atoms with E-state index in [4.69, 9.17) is 15.9 Å². The van der Waals surface area contributed by atoms with E-state index < -0.39 is 5.82 Å². The van der Waals surface area contributed by atoms with Crippen LogP contribution in [0, 0.1) is 11.2 Å². The zero-order valence-corrected chi connectivity index (χ0v) is 12.2. The molecule has 21 heavy (non-hydrogen) atoms. The minimum atomic E-state index is -0.555. The van der Waals surface area contributed by atoms with Gasteiger partial charge in [0.25, 0.3) is 0 Å². The Labute approximate surface area is 124 Å². The second kappa shape index (κ2) is 6.39. The summed E-state index contributed by atoms with van der Waals surface area (Å²) in [6.45, 7) is 4.21. The maximum Gasteiger partial charge on any atom is 0.141 e. The highest BCUT2D eigenvalue weighted by atomic mass is 19.1. The second-order valence-corrected chi connectivity index (χ2v) is 4.98. The highest BCUT2D eigenvalue weighted by molar-refractivity contribution is 5.98. The normalized spacial score (nSPS) is 12.0. The van der Waals surface area contributed by atoms with E-state index in [9.17, 15) is 4.39 Å². The number of amidine groups is 1. The van der Waals surface area contributed by atoms with E-state index in [1.54, 1.807) is 12.1 Å². The summed E-state index contributed by atoms with van der Waals surface area (Å²) < 4.78 is 19.7. The lowest BCUT2D eigenvalue weighted by Crippen LogP contribution is -2.14. The SMILES string of the molecule is CCC(C)c1ccccc1Oc1cccc(F)c1C(=N)N. The summed E-state index contributed by atoms with van der Waals surface area (Å²) in [5, 5.41) is 7.51. The number of benzene rings is 2. The quantitative estimate of drug-likeness (QED) is 0.631. The van der Waals surface area contributed by atoms with Crippen LogP contribution in [-0.4, -0.2) is 5.84 Å². The lowest BCUT2D eigenvalue weighted by atomic mass is 9.98. The van der Waals surface area contributed by atoms with E-state index in [0.29, 0.717) is 11.7 Å². The molecule has 0 saturated heterocycles. The van der Waals surface area contributed by atoms with Crippen molar-refractivity contribution in [2.45, 2.75) is 26.2 Å². The van der Waals surface area contributed by atoms with Gasteiger partial charge in [-0.05, 0) is 36.1 Å². The van der Waals surface area contributed by atoms with Gasteiger partial charge in [0.2, 0.25) is 0 Å². The lowest BCUT2D eigenvalue weighted by molar-refractivity contribution is 0.464. The summed E-state index contributed by atoms with van der Waals surface area (Å²) in [6.07, 6.45) is 0.975. The molecule has 1 atom stereocenters. The van der Waals surface area contributed by atoms with Gasteiger partial charge in [-0.25, -0.2) is 4.39 Å². The van der Waals surface area contributed by atoms with Gasteiger partial charge in [0, 0.05) is 0 Å². The largest absolute Gasteiger partial charge is 0.456 e. The maximum atomic E-state index is 13.8. The van der Waals surface area contributed by atoms with Crippen LogP contribution in [-0.2, 0) is 0 Å². The molecular weight excluding hydrogens is 267 g/mol. The van der Waals surface area contributed by atoms with Crippen molar-refractivity contribution in [2.75, 3.05) is 0 Å². The third-order valence-corrected chi connectivity index (χ3v) is 3.53. The van der Waals surface area contributed by atoms with Crippen molar-refractivity contribution in [2.24, 2.45) is 5.73 Å². The van der Waals surface area contributed by atoms with Crippen LogP contribution >= 0.6 is 0 Å². The van der Waals surface area contributed by atoms with Crippen LogP contribution in [0.1, 0.15) is 37.3 Å². The Bertz CT molecular complexity index is 655. The number of halogens is 1. The molecule has 0 aromatic heterocycles. The monoisotopic (exact) mass is 286 g/mol. The minimum absolute atomic E-state index is 0.00328. The Balaban J connectivity index is 2.44. The van der Waals surface area contributed by atoms with Crippen molar-refractivity contribution < 1.29 is 9.13 Å². The Morgan fingerprint density at radius 1 is 1.19 bits per heavy atom. The molecule has 1 unspecified atom stereocenters. The molecule has 3 nitrogen and oxygen atoms in total. The zero-order chi connectivity index (χ0) is 15.4. The van der Waals surface area contributed by atoms with Crippen LogP contribution in [0.5, 0.6) is 11.5 Å². The van der Waals surface area contributed by atoms with Gasteiger partial charge < -0.3 is 10.5 Å². The number of rotatable bonds is 5. The molecule has 2 rings (SSSR count). The Morgan fingerprint density at radius 2 is 1.86 bits per heavy atom. The molecular formula is C17H19FN2O. The number of ether oxygens (including phenoxy) is 1. The van der Waals surface area contributed by atoms with Crippen molar-refractivity contribution >= 4 is 5.84 Å². The van der Waals surface area contributed by atoms with Crippen LogP contribution in [0.15, 0.2) is 42.5 Å². The van der Waals surface area contributed by atoms with Gasteiger partial charge in [-0.15, -0.1) is 0 Å². The van der Waals surface area contributed by atoms with Gasteiger partial charge in [-0.2, -0.15) is 0 Å². The van der Waals surface area contributed by atoms with E-state index in [1.165, 1.54) is 6.07 Å². The Morgan fingerprint density at radius 3 is 2.52 bits per heavy atom. The molecule has 0 amide bonds. The van der Waals surface area contributed by atoms with Gasteiger partial charge in [-0.1, -0.05) is 38.1 Å².